The molecule has 198 valence electrons. The van der Waals surface area contributed by atoms with Gasteiger partial charge in [-0.1, -0.05) is 31.9 Å². The molecule has 5 rings (SSSR count). The number of benzene rings is 2. The highest BCUT2D eigenvalue weighted by Gasteiger charge is 2.26. The lowest BCUT2D eigenvalue weighted by atomic mass is 10.1. The lowest BCUT2D eigenvalue weighted by molar-refractivity contribution is 0.0767. The van der Waals surface area contributed by atoms with Gasteiger partial charge in [0.15, 0.2) is 5.65 Å². The van der Waals surface area contributed by atoms with E-state index in [0.717, 1.165) is 59.9 Å². The molecule has 1 aliphatic heterocycles. The molecular formula is C29H32ClFN6O. The largest absolute Gasteiger partial charge is 0.354 e. The lowest BCUT2D eigenvalue weighted by Crippen LogP contribution is -2.35. The molecular weight excluding hydrogens is 503 g/mol. The number of hydrogen-bond donors (Lipinski definition) is 0. The van der Waals surface area contributed by atoms with Crippen molar-refractivity contribution < 1.29 is 9.18 Å². The maximum Gasteiger partial charge on any atom is 0.253 e. The van der Waals surface area contributed by atoms with Crippen molar-refractivity contribution in [3.63, 3.8) is 0 Å². The number of nitrogens with zero attached hydrogens (tertiary/aromatic N) is 6. The van der Waals surface area contributed by atoms with Crippen LogP contribution < -0.4 is 4.90 Å². The van der Waals surface area contributed by atoms with Crippen molar-refractivity contribution in [3.8, 4) is 5.69 Å². The normalized spacial score (nSPS) is 15.1. The molecule has 9 heteroatoms. The Morgan fingerprint density at radius 1 is 1.03 bits per heavy atom. The summed E-state index contributed by atoms with van der Waals surface area (Å²) in [7, 11) is 0. The molecule has 1 aliphatic rings. The summed E-state index contributed by atoms with van der Waals surface area (Å²) in [6.07, 6.45) is 2.81. The molecule has 0 spiro atoms. The molecule has 3 heterocycles. The Morgan fingerprint density at radius 3 is 2.47 bits per heavy atom. The van der Waals surface area contributed by atoms with Crippen molar-refractivity contribution in [2.24, 2.45) is 0 Å². The monoisotopic (exact) mass is 534 g/mol. The summed E-state index contributed by atoms with van der Waals surface area (Å²) in [5, 5.41) is 6.29. The first-order chi connectivity index (χ1) is 18.4. The minimum atomic E-state index is -0.295. The van der Waals surface area contributed by atoms with Crippen molar-refractivity contribution in [1.82, 2.24) is 24.6 Å². The first-order valence-corrected chi connectivity index (χ1v) is 13.6. The summed E-state index contributed by atoms with van der Waals surface area (Å²) in [5.74, 6) is 1.51. The number of anilines is 1. The van der Waals surface area contributed by atoms with E-state index in [9.17, 15) is 9.18 Å². The summed E-state index contributed by atoms with van der Waals surface area (Å²) in [6.45, 7) is 8.92. The van der Waals surface area contributed by atoms with Crippen molar-refractivity contribution in [2.45, 2.75) is 46.0 Å². The summed E-state index contributed by atoms with van der Waals surface area (Å²) in [6, 6.07) is 13.3. The van der Waals surface area contributed by atoms with Gasteiger partial charge < -0.3 is 9.80 Å². The van der Waals surface area contributed by atoms with Crippen LogP contribution in [0.4, 0.5) is 10.2 Å². The first-order valence-electron chi connectivity index (χ1n) is 13.2. The molecule has 0 bridgehead atoms. The fraction of sp³-hybridized carbons (Fsp3) is 0.379. The van der Waals surface area contributed by atoms with Crippen molar-refractivity contribution in [2.75, 3.05) is 31.1 Å². The van der Waals surface area contributed by atoms with Crippen LogP contribution in [0.5, 0.6) is 0 Å². The highest BCUT2D eigenvalue weighted by atomic mass is 35.5. The van der Waals surface area contributed by atoms with Gasteiger partial charge in [-0.2, -0.15) is 5.10 Å². The summed E-state index contributed by atoms with van der Waals surface area (Å²) in [4.78, 5) is 27.4. The number of carbonyl (C=O) groups is 1. The molecule has 0 unspecified atom stereocenters. The molecule has 2 aromatic carbocycles. The Labute approximate surface area is 227 Å². The maximum absolute atomic E-state index is 13.6. The van der Waals surface area contributed by atoms with Gasteiger partial charge in [0.05, 0.1) is 16.8 Å². The van der Waals surface area contributed by atoms with Gasteiger partial charge in [-0.25, -0.2) is 19.0 Å². The van der Waals surface area contributed by atoms with E-state index < -0.39 is 0 Å². The molecule has 38 heavy (non-hydrogen) atoms. The fourth-order valence-electron chi connectivity index (χ4n) is 5.06. The molecule has 2 aromatic heterocycles. The lowest BCUT2D eigenvalue weighted by Gasteiger charge is -2.24. The molecule has 1 atom stereocenters. The van der Waals surface area contributed by atoms with Crippen LogP contribution in [0.2, 0.25) is 5.02 Å². The van der Waals surface area contributed by atoms with E-state index >= 15 is 0 Å². The van der Waals surface area contributed by atoms with E-state index in [1.165, 1.54) is 12.1 Å². The van der Waals surface area contributed by atoms with Crippen molar-refractivity contribution in [3.05, 3.63) is 76.5 Å². The predicted octanol–water partition coefficient (Wildman–Crippen LogP) is 6.17. The van der Waals surface area contributed by atoms with Crippen LogP contribution in [0.25, 0.3) is 16.7 Å². The minimum Gasteiger partial charge on any atom is -0.354 e. The minimum absolute atomic E-state index is 0.00826. The average Bonchev–Trinajstić information content (AvgIpc) is 3.08. The predicted molar refractivity (Wildman–Crippen MR) is 149 cm³/mol. The molecule has 1 saturated heterocycles. The number of halogens is 2. The Balaban J connectivity index is 1.52. The van der Waals surface area contributed by atoms with Crippen LogP contribution in [0.3, 0.4) is 0 Å². The van der Waals surface area contributed by atoms with E-state index in [2.05, 4.69) is 18.7 Å². The smallest absolute Gasteiger partial charge is 0.253 e. The fourth-order valence-corrected chi connectivity index (χ4v) is 5.19. The second-order valence-corrected chi connectivity index (χ2v) is 10.3. The molecule has 0 saturated carbocycles. The standard InChI is InChI=1S/C29H32ClFN6O/c1-4-6-19(2)26-32-27(25-20(3)34-37(28(25)33-26)24-13-11-23(31)12-14-24)35-15-5-16-36(18-17-35)29(38)21-7-9-22(30)10-8-21/h7-14,19H,4-6,15-18H2,1-3H3/t19-/m1/s1. The number of aryl methyl sites for hydroxylation is 1. The van der Waals surface area contributed by atoms with Gasteiger partial charge >= 0.3 is 0 Å². The van der Waals surface area contributed by atoms with Gasteiger partial charge in [0.2, 0.25) is 0 Å². The maximum atomic E-state index is 13.6. The quantitative estimate of drug-likeness (QED) is 0.296. The zero-order valence-corrected chi connectivity index (χ0v) is 22.7. The van der Waals surface area contributed by atoms with E-state index in [-0.39, 0.29) is 17.6 Å². The Bertz CT molecular complexity index is 1440. The average molecular weight is 535 g/mol. The third-order valence-electron chi connectivity index (χ3n) is 7.11. The van der Waals surface area contributed by atoms with Crippen molar-refractivity contribution in [1.29, 1.82) is 0 Å². The number of carbonyl (C=O) groups excluding carboxylic acids is 1. The zero-order chi connectivity index (χ0) is 26.8. The van der Waals surface area contributed by atoms with Crippen LogP contribution in [0, 0.1) is 12.7 Å². The first kappa shape index (κ1) is 26.1. The number of amides is 1. The molecule has 1 fully saturated rings. The van der Waals surface area contributed by atoms with Gasteiger partial charge in [0, 0.05) is 42.7 Å². The van der Waals surface area contributed by atoms with E-state index in [1.807, 2.05) is 11.8 Å². The second-order valence-electron chi connectivity index (χ2n) is 9.91. The van der Waals surface area contributed by atoms with E-state index in [4.69, 9.17) is 26.7 Å². The van der Waals surface area contributed by atoms with Crippen LogP contribution >= 0.6 is 11.6 Å². The van der Waals surface area contributed by atoms with Crippen LogP contribution in [-0.4, -0.2) is 56.7 Å². The Kier molecular flexibility index (Phi) is 7.61. The van der Waals surface area contributed by atoms with Gasteiger partial charge in [-0.05, 0) is 68.3 Å². The van der Waals surface area contributed by atoms with E-state index in [1.54, 1.807) is 41.1 Å². The Morgan fingerprint density at radius 2 is 1.76 bits per heavy atom. The van der Waals surface area contributed by atoms with Gasteiger partial charge in [-0.15, -0.1) is 0 Å². The SMILES string of the molecule is CCC[C@@H](C)c1nc(N2CCCN(C(=O)c3ccc(Cl)cc3)CC2)c2c(C)nn(-c3ccc(F)cc3)c2n1. The van der Waals surface area contributed by atoms with Gasteiger partial charge in [-0.3, -0.25) is 4.79 Å². The summed E-state index contributed by atoms with van der Waals surface area (Å²) >= 11 is 6.01. The molecule has 1 amide bonds. The van der Waals surface area contributed by atoms with Crippen LogP contribution in [-0.2, 0) is 0 Å². The molecule has 0 aliphatic carbocycles. The van der Waals surface area contributed by atoms with Crippen LogP contribution in [0.15, 0.2) is 48.5 Å². The third-order valence-corrected chi connectivity index (χ3v) is 7.36. The molecule has 0 N–H and O–H groups in total. The third kappa shape index (κ3) is 5.23. The molecule has 7 nitrogen and oxygen atoms in total. The Hall–Kier alpha value is -3.52. The number of rotatable bonds is 6. The second kappa shape index (κ2) is 11.1. The summed E-state index contributed by atoms with van der Waals surface area (Å²) in [5.41, 5.74) is 2.92. The van der Waals surface area contributed by atoms with Gasteiger partial charge in [0.25, 0.3) is 5.91 Å². The van der Waals surface area contributed by atoms with E-state index in [0.29, 0.717) is 30.2 Å². The van der Waals surface area contributed by atoms with Gasteiger partial charge in [0.1, 0.15) is 17.5 Å². The highest BCUT2D eigenvalue weighted by molar-refractivity contribution is 6.30. The zero-order valence-electron chi connectivity index (χ0n) is 22.0. The van der Waals surface area contributed by atoms with Crippen LogP contribution in [0.1, 0.15) is 60.9 Å². The number of aromatic nitrogens is 4. The number of fused-ring (bicyclic) bond motifs is 1. The molecule has 0 radical (unpaired) electrons. The highest BCUT2D eigenvalue weighted by Crippen LogP contribution is 2.32. The number of hydrogen-bond acceptors (Lipinski definition) is 5. The van der Waals surface area contributed by atoms with Crippen molar-refractivity contribution >= 4 is 34.4 Å². The topological polar surface area (TPSA) is 67.2 Å². The summed E-state index contributed by atoms with van der Waals surface area (Å²) < 4.78 is 15.4. The molecule has 4 aromatic rings.